The summed E-state index contributed by atoms with van der Waals surface area (Å²) < 4.78 is 40.6. The maximum Gasteiger partial charge on any atom is 0.199 e. The van der Waals surface area contributed by atoms with Gasteiger partial charge in [0.2, 0.25) is 0 Å². The van der Waals surface area contributed by atoms with Crippen molar-refractivity contribution in [2.75, 3.05) is 0 Å². The number of hydrogen-bond donors (Lipinski definition) is 0. The Labute approximate surface area is 116 Å². The van der Waals surface area contributed by atoms with Gasteiger partial charge in [0.05, 0.1) is 10.0 Å². The summed E-state index contributed by atoms with van der Waals surface area (Å²) in [6, 6.07) is 5.70. The quantitative estimate of drug-likeness (QED) is 0.589. The first kappa shape index (κ1) is 13.8. The van der Waals surface area contributed by atoms with Crippen molar-refractivity contribution in [3.05, 3.63) is 68.9 Å². The van der Waals surface area contributed by atoms with Crippen LogP contribution in [-0.2, 0) is 0 Å². The highest BCUT2D eigenvalue weighted by Gasteiger charge is 2.21. The second-order valence-electron chi connectivity index (χ2n) is 4.06. The maximum absolute atomic E-state index is 13.8. The monoisotopic (exact) mass is 328 g/mol. The molecule has 0 spiro atoms. The van der Waals surface area contributed by atoms with Crippen LogP contribution in [0.5, 0.6) is 0 Å². The van der Waals surface area contributed by atoms with Gasteiger partial charge in [-0.15, -0.1) is 0 Å². The summed E-state index contributed by atoms with van der Waals surface area (Å²) in [6.07, 6.45) is 0. The summed E-state index contributed by atoms with van der Waals surface area (Å²) in [7, 11) is 0. The summed E-state index contributed by atoms with van der Waals surface area (Å²) in [5, 5.41) is 0. The minimum Gasteiger partial charge on any atom is -0.288 e. The molecule has 0 unspecified atom stereocenters. The molecule has 2 aromatic rings. The average Bonchev–Trinajstić information content (AvgIpc) is 2.33. The number of carbonyl (C=O) groups excluding carboxylic acids is 1. The van der Waals surface area contributed by atoms with E-state index in [0.29, 0.717) is 5.56 Å². The number of ketones is 1. The molecule has 1 nitrogen and oxygen atoms in total. The van der Waals surface area contributed by atoms with Crippen molar-refractivity contribution in [2.45, 2.75) is 6.92 Å². The van der Waals surface area contributed by atoms with Gasteiger partial charge in [0.1, 0.15) is 11.6 Å². The van der Waals surface area contributed by atoms with E-state index >= 15 is 0 Å². The Balaban J connectivity index is 2.59. The lowest BCUT2D eigenvalue weighted by Crippen LogP contribution is -2.08. The first-order valence-corrected chi connectivity index (χ1v) is 6.15. The van der Waals surface area contributed by atoms with Crippen LogP contribution in [0.4, 0.5) is 13.2 Å². The predicted molar refractivity (Wildman–Crippen MR) is 68.6 cm³/mol. The van der Waals surface area contributed by atoms with Crippen molar-refractivity contribution in [1.29, 1.82) is 0 Å². The van der Waals surface area contributed by atoms with E-state index < -0.39 is 28.8 Å². The topological polar surface area (TPSA) is 17.1 Å². The number of halogens is 4. The van der Waals surface area contributed by atoms with Gasteiger partial charge < -0.3 is 0 Å². The second kappa shape index (κ2) is 5.17. The molecule has 2 aromatic carbocycles. The lowest BCUT2D eigenvalue weighted by Gasteiger charge is -2.07. The third kappa shape index (κ3) is 2.71. The molecule has 19 heavy (non-hydrogen) atoms. The molecule has 5 heteroatoms. The smallest absolute Gasteiger partial charge is 0.199 e. The first-order valence-electron chi connectivity index (χ1n) is 5.35. The Morgan fingerprint density at radius 1 is 1.11 bits per heavy atom. The Morgan fingerprint density at radius 3 is 2.42 bits per heavy atom. The molecule has 0 aliphatic carbocycles. The summed E-state index contributed by atoms with van der Waals surface area (Å²) in [6.45, 7) is 1.59. The fraction of sp³-hybridized carbons (Fsp3) is 0.0714. The van der Waals surface area contributed by atoms with Gasteiger partial charge in [0.25, 0.3) is 0 Å². The molecule has 0 heterocycles. The molecule has 0 N–H and O–H groups in total. The molecule has 0 radical (unpaired) electrons. The third-order valence-electron chi connectivity index (χ3n) is 2.58. The van der Waals surface area contributed by atoms with Crippen molar-refractivity contribution in [3.63, 3.8) is 0 Å². The fourth-order valence-electron chi connectivity index (χ4n) is 1.75. The van der Waals surface area contributed by atoms with Crippen molar-refractivity contribution < 1.29 is 18.0 Å². The van der Waals surface area contributed by atoms with E-state index in [1.54, 1.807) is 6.92 Å². The summed E-state index contributed by atoms with van der Waals surface area (Å²) >= 11 is 2.88. The molecule has 0 aliphatic heterocycles. The zero-order valence-corrected chi connectivity index (χ0v) is 11.4. The largest absolute Gasteiger partial charge is 0.288 e. The highest BCUT2D eigenvalue weighted by atomic mass is 79.9. The molecule has 0 fully saturated rings. The second-order valence-corrected chi connectivity index (χ2v) is 4.92. The Bertz CT molecular complexity index is 648. The standard InChI is InChI=1S/C14H8BrF3O/c1-7-4-8(6-9(16)5-7)14(19)12-11(17)3-2-10(15)13(12)18/h2-6H,1H3. The maximum atomic E-state index is 13.8. The van der Waals surface area contributed by atoms with Gasteiger partial charge in [0.15, 0.2) is 11.6 Å². The van der Waals surface area contributed by atoms with Gasteiger partial charge in [-0.25, -0.2) is 13.2 Å². The number of aryl methyl sites for hydroxylation is 1. The molecule has 0 aromatic heterocycles. The molecule has 0 saturated carbocycles. The van der Waals surface area contributed by atoms with E-state index in [1.807, 2.05) is 0 Å². The van der Waals surface area contributed by atoms with Crippen LogP contribution in [-0.4, -0.2) is 5.78 Å². The molecule has 0 amide bonds. The molecule has 0 saturated heterocycles. The Morgan fingerprint density at radius 2 is 1.79 bits per heavy atom. The third-order valence-corrected chi connectivity index (χ3v) is 3.19. The van der Waals surface area contributed by atoms with E-state index in [1.165, 1.54) is 12.1 Å². The average molecular weight is 329 g/mol. The Hall–Kier alpha value is -1.62. The van der Waals surface area contributed by atoms with Gasteiger partial charge in [-0.1, -0.05) is 0 Å². The number of benzene rings is 2. The number of carbonyl (C=O) groups is 1. The van der Waals surface area contributed by atoms with E-state index in [-0.39, 0.29) is 10.0 Å². The first-order chi connectivity index (χ1) is 8.90. The zero-order chi connectivity index (χ0) is 14.2. The normalized spacial score (nSPS) is 10.6. The highest BCUT2D eigenvalue weighted by molar-refractivity contribution is 9.10. The fourth-order valence-corrected chi connectivity index (χ4v) is 2.08. The van der Waals surface area contributed by atoms with Gasteiger partial charge in [-0.05, 0) is 58.7 Å². The van der Waals surface area contributed by atoms with Crippen molar-refractivity contribution >= 4 is 21.7 Å². The summed E-state index contributed by atoms with van der Waals surface area (Å²) in [4.78, 5) is 12.1. The molecule has 0 bridgehead atoms. The number of rotatable bonds is 2. The lowest BCUT2D eigenvalue weighted by molar-refractivity contribution is 0.103. The Kier molecular flexibility index (Phi) is 3.75. The van der Waals surface area contributed by atoms with Gasteiger partial charge in [0, 0.05) is 5.56 Å². The predicted octanol–water partition coefficient (Wildman–Crippen LogP) is 4.41. The van der Waals surface area contributed by atoms with E-state index in [4.69, 9.17) is 0 Å². The van der Waals surface area contributed by atoms with E-state index in [2.05, 4.69) is 15.9 Å². The molecular weight excluding hydrogens is 321 g/mol. The molecule has 0 aliphatic rings. The van der Waals surface area contributed by atoms with Crippen LogP contribution < -0.4 is 0 Å². The van der Waals surface area contributed by atoms with E-state index in [0.717, 1.165) is 18.2 Å². The molecule has 98 valence electrons. The van der Waals surface area contributed by atoms with Crippen LogP contribution in [0.25, 0.3) is 0 Å². The van der Waals surface area contributed by atoms with Gasteiger partial charge in [-0.2, -0.15) is 0 Å². The molecule has 2 rings (SSSR count). The SMILES string of the molecule is Cc1cc(F)cc(C(=O)c2c(F)ccc(Br)c2F)c1. The molecule has 0 atom stereocenters. The van der Waals surface area contributed by atoms with Crippen molar-refractivity contribution in [1.82, 2.24) is 0 Å². The lowest BCUT2D eigenvalue weighted by atomic mass is 10.0. The van der Waals surface area contributed by atoms with Crippen molar-refractivity contribution in [2.24, 2.45) is 0 Å². The van der Waals surface area contributed by atoms with Crippen LogP contribution in [0, 0.1) is 24.4 Å². The van der Waals surface area contributed by atoms with Crippen LogP contribution in [0.3, 0.4) is 0 Å². The van der Waals surface area contributed by atoms with Crippen molar-refractivity contribution in [3.8, 4) is 0 Å². The van der Waals surface area contributed by atoms with Gasteiger partial charge in [-0.3, -0.25) is 4.79 Å². The minimum absolute atomic E-state index is 0.0228. The summed E-state index contributed by atoms with van der Waals surface area (Å²) in [5.74, 6) is -3.49. The number of hydrogen-bond acceptors (Lipinski definition) is 1. The summed E-state index contributed by atoms with van der Waals surface area (Å²) in [5.41, 5.74) is -0.285. The van der Waals surface area contributed by atoms with Gasteiger partial charge >= 0.3 is 0 Å². The highest BCUT2D eigenvalue weighted by Crippen LogP contribution is 2.24. The van der Waals surface area contributed by atoms with Crippen LogP contribution in [0.1, 0.15) is 21.5 Å². The van der Waals surface area contributed by atoms with Crippen LogP contribution >= 0.6 is 15.9 Å². The minimum atomic E-state index is -0.994. The van der Waals surface area contributed by atoms with Crippen LogP contribution in [0.15, 0.2) is 34.8 Å². The molecular formula is C14H8BrF3O. The van der Waals surface area contributed by atoms with E-state index in [9.17, 15) is 18.0 Å². The zero-order valence-electron chi connectivity index (χ0n) is 9.81. The van der Waals surface area contributed by atoms with Crippen LogP contribution in [0.2, 0.25) is 0 Å².